The van der Waals surface area contributed by atoms with E-state index in [0.29, 0.717) is 0 Å². The standard InChI is InChI=1S/C20H23FN6/c1-14-18(15(2)25-24-14)12-26-9-10-27(20-11-22-7-8-23-20)13-19(26)16-3-5-17(21)6-4-16/h3-8,11,19H,9-10,12-13H2,1-2H3,(H,24,25). The van der Waals surface area contributed by atoms with Gasteiger partial charge in [0, 0.05) is 49.8 Å². The fraction of sp³-hybridized carbons (Fsp3) is 0.350. The highest BCUT2D eigenvalue weighted by molar-refractivity contribution is 5.38. The summed E-state index contributed by atoms with van der Waals surface area (Å²) in [4.78, 5) is 13.3. The molecule has 0 amide bonds. The van der Waals surface area contributed by atoms with Crippen molar-refractivity contribution in [3.05, 3.63) is 71.2 Å². The number of hydrogen-bond donors (Lipinski definition) is 1. The van der Waals surface area contributed by atoms with E-state index in [-0.39, 0.29) is 11.9 Å². The van der Waals surface area contributed by atoms with Crippen molar-refractivity contribution < 1.29 is 4.39 Å². The lowest BCUT2D eigenvalue weighted by Crippen LogP contribution is -2.48. The molecule has 1 aliphatic heterocycles. The monoisotopic (exact) mass is 366 g/mol. The summed E-state index contributed by atoms with van der Waals surface area (Å²) in [6.45, 7) is 7.42. The van der Waals surface area contributed by atoms with E-state index < -0.39 is 0 Å². The Morgan fingerprint density at radius 3 is 2.63 bits per heavy atom. The zero-order valence-corrected chi connectivity index (χ0v) is 15.6. The second-order valence-electron chi connectivity index (χ2n) is 6.96. The number of aromatic amines is 1. The van der Waals surface area contributed by atoms with Crippen molar-refractivity contribution in [2.45, 2.75) is 26.4 Å². The number of anilines is 1. The van der Waals surface area contributed by atoms with Crippen molar-refractivity contribution in [2.24, 2.45) is 0 Å². The molecule has 1 aliphatic rings. The molecule has 0 radical (unpaired) electrons. The molecule has 1 aromatic carbocycles. The maximum Gasteiger partial charge on any atom is 0.147 e. The largest absolute Gasteiger partial charge is 0.352 e. The average Bonchev–Trinajstić information content (AvgIpc) is 3.02. The second-order valence-corrected chi connectivity index (χ2v) is 6.96. The van der Waals surface area contributed by atoms with Gasteiger partial charge in [-0.25, -0.2) is 9.37 Å². The number of aryl methyl sites for hydroxylation is 2. The third-order valence-corrected chi connectivity index (χ3v) is 5.26. The Bertz CT molecular complexity index is 873. The van der Waals surface area contributed by atoms with Crippen LogP contribution in [0, 0.1) is 19.7 Å². The van der Waals surface area contributed by atoms with Gasteiger partial charge in [-0.05, 0) is 31.5 Å². The van der Waals surface area contributed by atoms with Crippen molar-refractivity contribution in [3.8, 4) is 0 Å². The van der Waals surface area contributed by atoms with E-state index in [2.05, 4.69) is 36.9 Å². The molecule has 1 N–H and O–H groups in total. The van der Waals surface area contributed by atoms with Gasteiger partial charge < -0.3 is 4.90 Å². The lowest BCUT2D eigenvalue weighted by Gasteiger charge is -2.42. The molecule has 1 unspecified atom stereocenters. The highest BCUT2D eigenvalue weighted by atomic mass is 19.1. The first-order chi connectivity index (χ1) is 13.1. The van der Waals surface area contributed by atoms with Gasteiger partial charge in [-0.15, -0.1) is 0 Å². The molecular formula is C20H23FN6. The third-order valence-electron chi connectivity index (χ3n) is 5.26. The van der Waals surface area contributed by atoms with Gasteiger partial charge in [0.1, 0.15) is 11.6 Å². The van der Waals surface area contributed by atoms with Crippen LogP contribution in [-0.2, 0) is 6.54 Å². The fourth-order valence-electron chi connectivity index (χ4n) is 3.68. The number of nitrogens with one attached hydrogen (secondary N) is 1. The number of rotatable bonds is 4. The maximum atomic E-state index is 13.4. The van der Waals surface area contributed by atoms with E-state index in [1.54, 1.807) is 18.6 Å². The minimum Gasteiger partial charge on any atom is -0.352 e. The first kappa shape index (κ1) is 17.6. The predicted molar refractivity (Wildman–Crippen MR) is 102 cm³/mol. The van der Waals surface area contributed by atoms with Crippen LogP contribution in [0.2, 0.25) is 0 Å². The van der Waals surface area contributed by atoms with Crippen LogP contribution in [0.4, 0.5) is 10.2 Å². The number of H-pyrrole nitrogens is 1. The number of halogens is 1. The molecule has 1 saturated heterocycles. The van der Waals surface area contributed by atoms with E-state index in [4.69, 9.17) is 0 Å². The van der Waals surface area contributed by atoms with Crippen molar-refractivity contribution in [3.63, 3.8) is 0 Å². The zero-order chi connectivity index (χ0) is 18.8. The summed E-state index contributed by atoms with van der Waals surface area (Å²) in [5.74, 6) is 0.661. The Balaban J connectivity index is 1.63. The van der Waals surface area contributed by atoms with Gasteiger partial charge in [-0.2, -0.15) is 5.10 Å². The Labute approximate surface area is 158 Å². The summed E-state index contributed by atoms with van der Waals surface area (Å²) >= 11 is 0. The fourth-order valence-corrected chi connectivity index (χ4v) is 3.68. The molecule has 3 heterocycles. The highest BCUT2D eigenvalue weighted by Gasteiger charge is 2.30. The van der Waals surface area contributed by atoms with Gasteiger partial charge in [-0.1, -0.05) is 12.1 Å². The smallest absolute Gasteiger partial charge is 0.147 e. The topological polar surface area (TPSA) is 60.9 Å². The summed E-state index contributed by atoms with van der Waals surface area (Å²) in [6.07, 6.45) is 5.19. The number of hydrogen-bond acceptors (Lipinski definition) is 5. The van der Waals surface area contributed by atoms with Gasteiger partial charge in [0.2, 0.25) is 0 Å². The van der Waals surface area contributed by atoms with Crippen LogP contribution in [0.25, 0.3) is 0 Å². The molecule has 27 heavy (non-hydrogen) atoms. The summed E-state index contributed by atoms with van der Waals surface area (Å²) in [5, 5.41) is 7.39. The zero-order valence-electron chi connectivity index (χ0n) is 15.6. The number of nitrogens with zero attached hydrogens (tertiary/aromatic N) is 5. The van der Waals surface area contributed by atoms with Crippen LogP contribution in [-0.4, -0.2) is 44.7 Å². The molecule has 140 valence electrons. The molecule has 2 aromatic heterocycles. The first-order valence-electron chi connectivity index (χ1n) is 9.12. The van der Waals surface area contributed by atoms with Gasteiger partial charge in [-0.3, -0.25) is 15.0 Å². The van der Waals surface area contributed by atoms with Crippen molar-refractivity contribution in [2.75, 3.05) is 24.5 Å². The van der Waals surface area contributed by atoms with Gasteiger partial charge in [0.25, 0.3) is 0 Å². The van der Waals surface area contributed by atoms with E-state index >= 15 is 0 Å². The molecule has 0 saturated carbocycles. The average molecular weight is 366 g/mol. The highest BCUT2D eigenvalue weighted by Crippen LogP contribution is 2.30. The van der Waals surface area contributed by atoms with Gasteiger partial charge in [0.15, 0.2) is 0 Å². The van der Waals surface area contributed by atoms with Gasteiger partial charge in [0.05, 0.1) is 17.9 Å². The number of benzene rings is 1. The second kappa shape index (κ2) is 7.44. The molecule has 0 spiro atoms. The van der Waals surface area contributed by atoms with Crippen LogP contribution < -0.4 is 4.90 Å². The third kappa shape index (κ3) is 3.68. The van der Waals surface area contributed by atoms with Crippen molar-refractivity contribution in [1.29, 1.82) is 0 Å². The van der Waals surface area contributed by atoms with E-state index in [0.717, 1.165) is 48.9 Å². The van der Waals surface area contributed by atoms with E-state index in [1.807, 2.05) is 19.1 Å². The quantitative estimate of drug-likeness (QED) is 0.769. The van der Waals surface area contributed by atoms with Crippen LogP contribution in [0.15, 0.2) is 42.9 Å². The number of piperazine rings is 1. The molecule has 4 rings (SSSR count). The van der Waals surface area contributed by atoms with E-state index in [9.17, 15) is 4.39 Å². The minimum absolute atomic E-state index is 0.134. The van der Waals surface area contributed by atoms with E-state index in [1.165, 1.54) is 17.7 Å². The summed E-state index contributed by atoms with van der Waals surface area (Å²) in [6, 6.07) is 6.95. The molecule has 3 aromatic rings. The Morgan fingerprint density at radius 2 is 1.96 bits per heavy atom. The predicted octanol–water partition coefficient (Wildman–Crippen LogP) is 3.02. The Kier molecular flexibility index (Phi) is 4.85. The normalized spacial score (nSPS) is 18.0. The van der Waals surface area contributed by atoms with Gasteiger partial charge >= 0.3 is 0 Å². The summed E-state index contributed by atoms with van der Waals surface area (Å²) in [5.41, 5.74) is 4.46. The molecule has 6 nitrogen and oxygen atoms in total. The van der Waals surface area contributed by atoms with Crippen LogP contribution in [0.1, 0.15) is 28.6 Å². The molecule has 1 atom stereocenters. The molecular weight excluding hydrogens is 343 g/mol. The SMILES string of the molecule is Cc1n[nH]c(C)c1CN1CCN(c2cnccn2)CC1c1ccc(F)cc1. The van der Waals surface area contributed by atoms with Crippen LogP contribution in [0.5, 0.6) is 0 Å². The Hall–Kier alpha value is -2.80. The Morgan fingerprint density at radius 1 is 1.15 bits per heavy atom. The van der Waals surface area contributed by atoms with Crippen molar-refractivity contribution >= 4 is 5.82 Å². The summed E-state index contributed by atoms with van der Waals surface area (Å²) in [7, 11) is 0. The lowest BCUT2D eigenvalue weighted by atomic mass is 10.0. The lowest BCUT2D eigenvalue weighted by molar-refractivity contribution is 0.168. The van der Waals surface area contributed by atoms with Crippen LogP contribution >= 0.6 is 0 Å². The van der Waals surface area contributed by atoms with Crippen LogP contribution in [0.3, 0.4) is 0 Å². The summed E-state index contributed by atoms with van der Waals surface area (Å²) < 4.78 is 13.4. The first-order valence-corrected chi connectivity index (χ1v) is 9.12. The van der Waals surface area contributed by atoms with Crippen molar-refractivity contribution in [1.82, 2.24) is 25.1 Å². The maximum absolute atomic E-state index is 13.4. The number of aromatic nitrogens is 4. The molecule has 0 aliphatic carbocycles. The minimum atomic E-state index is -0.214. The molecule has 0 bridgehead atoms. The molecule has 7 heteroatoms. The molecule has 1 fully saturated rings.